The molecule has 0 saturated heterocycles. The van der Waals surface area contributed by atoms with E-state index in [9.17, 15) is 0 Å². The lowest BCUT2D eigenvalue weighted by Crippen LogP contribution is -2.43. The van der Waals surface area contributed by atoms with Crippen LogP contribution in [0.4, 0.5) is 0 Å². The molecular weight excluding hydrogens is 152 g/mol. The van der Waals surface area contributed by atoms with Gasteiger partial charge in [-0.15, -0.1) is 0 Å². The minimum Gasteiger partial charge on any atom is -0.385 e. The van der Waals surface area contributed by atoms with E-state index < -0.39 is 5.54 Å². The molecule has 0 amide bonds. The number of rotatable bonds is 5. The summed E-state index contributed by atoms with van der Waals surface area (Å²) in [6.45, 7) is 2.58. The van der Waals surface area contributed by atoms with Gasteiger partial charge in [-0.1, -0.05) is 0 Å². The van der Waals surface area contributed by atoms with Gasteiger partial charge in [0.2, 0.25) is 0 Å². The van der Waals surface area contributed by atoms with Crippen molar-refractivity contribution >= 4 is 0 Å². The molecular formula is C9H16N2O. The first-order valence-electron chi connectivity index (χ1n) is 4.38. The molecule has 0 aromatic heterocycles. The van der Waals surface area contributed by atoms with Crippen molar-refractivity contribution in [1.29, 1.82) is 5.26 Å². The van der Waals surface area contributed by atoms with Crippen LogP contribution in [-0.4, -0.2) is 25.3 Å². The van der Waals surface area contributed by atoms with Gasteiger partial charge in [0.05, 0.1) is 6.07 Å². The second kappa shape index (κ2) is 3.88. The van der Waals surface area contributed by atoms with Gasteiger partial charge in [0, 0.05) is 26.2 Å². The van der Waals surface area contributed by atoms with E-state index in [2.05, 4.69) is 11.4 Å². The maximum absolute atomic E-state index is 8.92. The summed E-state index contributed by atoms with van der Waals surface area (Å²) in [7, 11) is 1.66. The van der Waals surface area contributed by atoms with Crippen molar-refractivity contribution in [2.75, 3.05) is 13.7 Å². The average Bonchev–Trinajstić information content (AvgIpc) is 2.85. The molecule has 1 saturated carbocycles. The maximum atomic E-state index is 8.92. The highest BCUT2D eigenvalue weighted by atomic mass is 16.5. The summed E-state index contributed by atoms with van der Waals surface area (Å²) in [5.41, 5.74) is -0.392. The Morgan fingerprint density at radius 1 is 1.67 bits per heavy atom. The molecule has 3 heteroatoms. The summed E-state index contributed by atoms with van der Waals surface area (Å²) in [6, 6.07) is 2.87. The highest BCUT2D eigenvalue weighted by molar-refractivity contribution is 5.06. The number of hydrogen-bond donors (Lipinski definition) is 1. The van der Waals surface area contributed by atoms with Crippen molar-refractivity contribution in [2.24, 2.45) is 0 Å². The van der Waals surface area contributed by atoms with Gasteiger partial charge in [0.15, 0.2) is 0 Å². The molecule has 1 aliphatic rings. The Bertz CT molecular complexity index is 183. The zero-order valence-corrected chi connectivity index (χ0v) is 7.76. The van der Waals surface area contributed by atoms with E-state index in [-0.39, 0.29) is 0 Å². The highest BCUT2D eigenvalue weighted by Gasteiger charge is 2.31. The van der Waals surface area contributed by atoms with Crippen molar-refractivity contribution in [1.82, 2.24) is 5.32 Å². The number of hydrogen-bond acceptors (Lipinski definition) is 3. The SMILES string of the molecule is COCCC(C)(C#N)NC1CC1. The van der Waals surface area contributed by atoms with Crippen molar-refractivity contribution in [3.8, 4) is 6.07 Å². The number of methoxy groups -OCH3 is 1. The standard InChI is InChI=1S/C9H16N2O/c1-9(7-10,5-6-12-2)11-8-3-4-8/h8,11H,3-6H2,1-2H3. The molecule has 0 radical (unpaired) electrons. The van der Waals surface area contributed by atoms with Gasteiger partial charge in [0.1, 0.15) is 5.54 Å². The van der Waals surface area contributed by atoms with Gasteiger partial charge in [-0.25, -0.2) is 0 Å². The Kier molecular flexibility index (Phi) is 3.07. The molecule has 0 aliphatic heterocycles. The van der Waals surface area contributed by atoms with Crippen molar-refractivity contribution in [3.63, 3.8) is 0 Å². The Morgan fingerprint density at radius 3 is 2.75 bits per heavy atom. The van der Waals surface area contributed by atoms with Gasteiger partial charge in [-0.3, -0.25) is 5.32 Å². The van der Waals surface area contributed by atoms with Crippen LogP contribution in [0, 0.1) is 11.3 Å². The average molecular weight is 168 g/mol. The molecule has 68 valence electrons. The first-order chi connectivity index (χ1) is 5.70. The van der Waals surface area contributed by atoms with Crippen LogP contribution in [0.3, 0.4) is 0 Å². The van der Waals surface area contributed by atoms with Crippen LogP contribution in [0.2, 0.25) is 0 Å². The third-order valence-electron chi connectivity index (χ3n) is 2.15. The summed E-state index contributed by atoms with van der Waals surface area (Å²) in [6.07, 6.45) is 3.19. The summed E-state index contributed by atoms with van der Waals surface area (Å²) < 4.78 is 4.95. The quantitative estimate of drug-likeness (QED) is 0.667. The highest BCUT2D eigenvalue weighted by Crippen LogP contribution is 2.23. The first-order valence-corrected chi connectivity index (χ1v) is 4.38. The number of nitriles is 1. The van der Waals surface area contributed by atoms with E-state index in [1.165, 1.54) is 12.8 Å². The minimum atomic E-state index is -0.392. The number of ether oxygens (including phenoxy) is 1. The normalized spacial score (nSPS) is 21.4. The lowest BCUT2D eigenvalue weighted by atomic mass is 10.0. The minimum absolute atomic E-state index is 0.392. The summed E-state index contributed by atoms with van der Waals surface area (Å²) in [5, 5.41) is 12.2. The lowest BCUT2D eigenvalue weighted by Gasteiger charge is -2.22. The molecule has 1 rings (SSSR count). The van der Waals surface area contributed by atoms with Crippen LogP contribution in [0.25, 0.3) is 0 Å². The van der Waals surface area contributed by atoms with Gasteiger partial charge < -0.3 is 4.74 Å². The fourth-order valence-electron chi connectivity index (χ4n) is 1.14. The van der Waals surface area contributed by atoms with E-state index in [4.69, 9.17) is 10.00 Å². The van der Waals surface area contributed by atoms with Crippen LogP contribution < -0.4 is 5.32 Å². The monoisotopic (exact) mass is 168 g/mol. The molecule has 1 atom stereocenters. The fraction of sp³-hybridized carbons (Fsp3) is 0.889. The van der Waals surface area contributed by atoms with E-state index in [1.807, 2.05) is 6.92 Å². The second-order valence-corrected chi connectivity index (χ2v) is 3.61. The largest absolute Gasteiger partial charge is 0.385 e. The third-order valence-corrected chi connectivity index (χ3v) is 2.15. The van der Waals surface area contributed by atoms with Crippen LogP contribution in [0.15, 0.2) is 0 Å². The summed E-state index contributed by atoms with van der Waals surface area (Å²) >= 11 is 0. The zero-order valence-electron chi connectivity index (χ0n) is 7.76. The van der Waals surface area contributed by atoms with Crippen LogP contribution in [-0.2, 0) is 4.74 Å². The predicted molar refractivity (Wildman–Crippen MR) is 46.7 cm³/mol. The van der Waals surface area contributed by atoms with Crippen molar-refractivity contribution in [3.05, 3.63) is 0 Å². The molecule has 12 heavy (non-hydrogen) atoms. The fourth-order valence-corrected chi connectivity index (χ4v) is 1.14. The van der Waals surface area contributed by atoms with Crippen LogP contribution in [0.5, 0.6) is 0 Å². The molecule has 1 aliphatic carbocycles. The Morgan fingerprint density at radius 2 is 2.33 bits per heavy atom. The van der Waals surface area contributed by atoms with Gasteiger partial charge in [-0.2, -0.15) is 5.26 Å². The van der Waals surface area contributed by atoms with E-state index >= 15 is 0 Å². The summed E-state index contributed by atoms with van der Waals surface area (Å²) in [5.74, 6) is 0. The van der Waals surface area contributed by atoms with Gasteiger partial charge >= 0.3 is 0 Å². The molecule has 1 fully saturated rings. The van der Waals surface area contributed by atoms with E-state index in [0.29, 0.717) is 12.6 Å². The molecule has 0 aromatic carbocycles. The van der Waals surface area contributed by atoms with Crippen LogP contribution >= 0.6 is 0 Å². The van der Waals surface area contributed by atoms with Crippen molar-refractivity contribution in [2.45, 2.75) is 37.8 Å². The topological polar surface area (TPSA) is 45.0 Å². The lowest BCUT2D eigenvalue weighted by molar-refractivity contribution is 0.173. The zero-order chi connectivity index (χ0) is 9.03. The molecule has 0 aromatic rings. The van der Waals surface area contributed by atoms with Crippen LogP contribution in [0.1, 0.15) is 26.2 Å². The number of nitrogens with one attached hydrogen (secondary N) is 1. The van der Waals surface area contributed by atoms with E-state index in [1.54, 1.807) is 7.11 Å². The maximum Gasteiger partial charge on any atom is 0.106 e. The van der Waals surface area contributed by atoms with Gasteiger partial charge in [0.25, 0.3) is 0 Å². The Hall–Kier alpha value is -0.590. The van der Waals surface area contributed by atoms with E-state index in [0.717, 1.165) is 6.42 Å². The summed E-state index contributed by atoms with van der Waals surface area (Å²) in [4.78, 5) is 0. The number of nitrogens with zero attached hydrogens (tertiary/aromatic N) is 1. The second-order valence-electron chi connectivity index (χ2n) is 3.61. The van der Waals surface area contributed by atoms with Gasteiger partial charge in [-0.05, 0) is 19.8 Å². The predicted octanol–water partition coefficient (Wildman–Crippen LogP) is 1.06. The Labute approximate surface area is 73.7 Å². The first kappa shape index (κ1) is 9.50. The molecule has 0 bridgehead atoms. The van der Waals surface area contributed by atoms with Crippen molar-refractivity contribution < 1.29 is 4.74 Å². The molecule has 3 nitrogen and oxygen atoms in total. The Balaban J connectivity index is 2.32. The smallest absolute Gasteiger partial charge is 0.106 e. The molecule has 1 N–H and O–H groups in total. The molecule has 1 unspecified atom stereocenters. The molecule has 0 heterocycles. The molecule has 0 spiro atoms. The third kappa shape index (κ3) is 2.80.